The molecule has 0 saturated heterocycles. The summed E-state index contributed by atoms with van der Waals surface area (Å²) < 4.78 is 5.92. The van der Waals surface area contributed by atoms with Gasteiger partial charge in [0.05, 0.1) is 27.3 Å². The number of methoxy groups -OCH3 is 1. The van der Waals surface area contributed by atoms with Crippen LogP contribution in [0.5, 0.6) is 5.75 Å². The van der Waals surface area contributed by atoms with Gasteiger partial charge in [-0.2, -0.15) is 0 Å². The number of nitrogens with one attached hydrogen (secondary N) is 1. The van der Waals surface area contributed by atoms with Crippen molar-refractivity contribution in [2.24, 2.45) is 0 Å². The Morgan fingerprint density at radius 1 is 1.28 bits per heavy atom. The van der Waals surface area contributed by atoms with E-state index in [0.29, 0.717) is 21.4 Å². The van der Waals surface area contributed by atoms with Crippen LogP contribution in [0.15, 0.2) is 30.3 Å². The average Bonchev–Trinajstić information content (AvgIpc) is 2.94. The highest BCUT2D eigenvalue weighted by Gasteiger charge is 2.17. The standard InChI is InChI=1S/C15H9Cl2N3O4S/c1-24-12-6-13-10(5-9(12)17)18-15(25-13)19-14(21)7-2-3-8(16)11(4-7)20(22)23/h2-6H,1H3,(H,18,19,21). The van der Waals surface area contributed by atoms with Gasteiger partial charge in [-0.05, 0) is 18.2 Å². The number of nitro groups is 1. The molecule has 0 aliphatic carbocycles. The first kappa shape index (κ1) is 17.4. The van der Waals surface area contributed by atoms with Crippen molar-refractivity contribution in [2.45, 2.75) is 0 Å². The zero-order chi connectivity index (χ0) is 18.1. The van der Waals surface area contributed by atoms with Crippen LogP contribution in [0.1, 0.15) is 10.4 Å². The lowest BCUT2D eigenvalue weighted by molar-refractivity contribution is -0.384. The number of ether oxygens (including phenoxy) is 1. The molecule has 0 atom stereocenters. The monoisotopic (exact) mass is 397 g/mol. The smallest absolute Gasteiger partial charge is 0.288 e. The fraction of sp³-hybridized carbons (Fsp3) is 0.0667. The summed E-state index contributed by atoms with van der Waals surface area (Å²) in [5.41, 5.74) is 0.370. The van der Waals surface area contributed by atoms with Crippen molar-refractivity contribution in [3.8, 4) is 5.75 Å². The molecule has 1 aromatic heterocycles. The van der Waals surface area contributed by atoms with E-state index >= 15 is 0 Å². The second kappa shape index (κ2) is 6.83. The number of nitrogens with zero attached hydrogens (tertiary/aromatic N) is 2. The molecule has 2 aromatic carbocycles. The summed E-state index contributed by atoms with van der Waals surface area (Å²) in [6.45, 7) is 0. The van der Waals surface area contributed by atoms with Crippen molar-refractivity contribution in [3.63, 3.8) is 0 Å². The molecule has 1 N–H and O–H groups in total. The summed E-state index contributed by atoms with van der Waals surface area (Å²) in [4.78, 5) is 26.9. The van der Waals surface area contributed by atoms with Gasteiger partial charge in [0.15, 0.2) is 5.13 Å². The molecule has 0 spiro atoms. The summed E-state index contributed by atoms with van der Waals surface area (Å²) >= 11 is 13.0. The molecule has 3 aromatic rings. The van der Waals surface area contributed by atoms with Crippen molar-refractivity contribution in [1.29, 1.82) is 0 Å². The number of carbonyl (C=O) groups is 1. The Kier molecular flexibility index (Phi) is 4.76. The Morgan fingerprint density at radius 2 is 2.04 bits per heavy atom. The molecule has 1 amide bonds. The molecule has 0 bridgehead atoms. The van der Waals surface area contributed by atoms with E-state index in [1.165, 1.54) is 30.6 Å². The van der Waals surface area contributed by atoms with Gasteiger partial charge in [0.1, 0.15) is 10.8 Å². The second-order valence-electron chi connectivity index (χ2n) is 4.85. The van der Waals surface area contributed by atoms with Gasteiger partial charge >= 0.3 is 0 Å². The first-order chi connectivity index (χ1) is 11.9. The normalized spacial score (nSPS) is 10.7. The van der Waals surface area contributed by atoms with E-state index in [4.69, 9.17) is 27.9 Å². The Bertz CT molecular complexity index is 1010. The Morgan fingerprint density at radius 3 is 2.72 bits per heavy atom. The van der Waals surface area contributed by atoms with Crippen LogP contribution in [0.2, 0.25) is 10.0 Å². The molecule has 0 aliphatic rings. The minimum absolute atomic E-state index is 0.0386. The van der Waals surface area contributed by atoms with Gasteiger partial charge in [-0.1, -0.05) is 34.5 Å². The number of anilines is 1. The van der Waals surface area contributed by atoms with Crippen molar-refractivity contribution >= 4 is 61.5 Å². The van der Waals surface area contributed by atoms with Crippen molar-refractivity contribution in [3.05, 3.63) is 56.1 Å². The molecule has 0 saturated carbocycles. The topological polar surface area (TPSA) is 94.4 Å². The maximum absolute atomic E-state index is 12.3. The number of fused-ring (bicyclic) bond motifs is 1. The van der Waals surface area contributed by atoms with E-state index in [0.717, 1.165) is 10.8 Å². The minimum atomic E-state index is -0.648. The lowest BCUT2D eigenvalue weighted by Gasteiger charge is -2.02. The first-order valence-electron chi connectivity index (χ1n) is 6.78. The Labute approximate surface area is 155 Å². The van der Waals surface area contributed by atoms with E-state index in [1.54, 1.807) is 12.1 Å². The first-order valence-corrected chi connectivity index (χ1v) is 8.35. The predicted molar refractivity (Wildman–Crippen MR) is 97.2 cm³/mol. The SMILES string of the molecule is COc1cc2sc(NC(=O)c3ccc(Cl)c([N+](=O)[O-])c3)nc2cc1Cl. The maximum atomic E-state index is 12.3. The van der Waals surface area contributed by atoms with E-state index < -0.39 is 10.8 Å². The van der Waals surface area contributed by atoms with Gasteiger partial charge in [0.25, 0.3) is 11.6 Å². The van der Waals surface area contributed by atoms with Crippen LogP contribution in [-0.4, -0.2) is 22.9 Å². The maximum Gasteiger partial charge on any atom is 0.288 e. The zero-order valence-electron chi connectivity index (χ0n) is 12.6. The number of rotatable bonds is 4. The van der Waals surface area contributed by atoms with Crippen molar-refractivity contribution < 1.29 is 14.5 Å². The number of amides is 1. The highest BCUT2D eigenvalue weighted by molar-refractivity contribution is 7.22. The summed E-state index contributed by atoms with van der Waals surface area (Å²) in [5.74, 6) is -0.0269. The number of benzene rings is 2. The Balaban J connectivity index is 1.89. The van der Waals surface area contributed by atoms with Gasteiger partial charge in [0.2, 0.25) is 0 Å². The third kappa shape index (κ3) is 3.51. The summed E-state index contributed by atoms with van der Waals surface area (Å²) in [7, 11) is 1.50. The fourth-order valence-electron chi connectivity index (χ4n) is 2.10. The molecule has 3 rings (SSSR count). The van der Waals surface area contributed by atoms with Crippen LogP contribution in [0.3, 0.4) is 0 Å². The molecule has 10 heteroatoms. The molecule has 7 nitrogen and oxygen atoms in total. The number of aromatic nitrogens is 1. The minimum Gasteiger partial charge on any atom is -0.495 e. The summed E-state index contributed by atoms with van der Waals surface area (Å²) in [6, 6.07) is 7.17. The van der Waals surface area contributed by atoms with Crippen LogP contribution < -0.4 is 10.1 Å². The molecule has 1 heterocycles. The van der Waals surface area contributed by atoms with E-state index in [2.05, 4.69) is 10.3 Å². The van der Waals surface area contributed by atoms with Gasteiger partial charge < -0.3 is 4.74 Å². The second-order valence-corrected chi connectivity index (χ2v) is 6.70. The van der Waals surface area contributed by atoms with Gasteiger partial charge in [-0.3, -0.25) is 20.2 Å². The molecule has 0 aliphatic heterocycles. The Hall–Kier alpha value is -2.42. The molecular formula is C15H9Cl2N3O4S. The van der Waals surface area contributed by atoms with Crippen LogP contribution in [-0.2, 0) is 0 Å². The lowest BCUT2D eigenvalue weighted by Crippen LogP contribution is -2.11. The molecular weight excluding hydrogens is 389 g/mol. The number of halogens is 2. The zero-order valence-corrected chi connectivity index (χ0v) is 14.9. The van der Waals surface area contributed by atoms with Crippen LogP contribution >= 0.6 is 34.5 Å². The number of carbonyl (C=O) groups excluding carboxylic acids is 1. The molecule has 0 unspecified atom stereocenters. The van der Waals surface area contributed by atoms with Gasteiger partial charge in [-0.25, -0.2) is 4.98 Å². The number of hydrogen-bond donors (Lipinski definition) is 1. The highest BCUT2D eigenvalue weighted by atomic mass is 35.5. The largest absolute Gasteiger partial charge is 0.495 e. The molecule has 0 fully saturated rings. The molecule has 25 heavy (non-hydrogen) atoms. The number of thiazole rings is 1. The van der Waals surface area contributed by atoms with Crippen LogP contribution in [0, 0.1) is 10.1 Å². The molecule has 0 radical (unpaired) electrons. The number of nitro benzene ring substituents is 1. The van der Waals surface area contributed by atoms with Crippen LogP contribution in [0.4, 0.5) is 10.8 Å². The fourth-order valence-corrected chi connectivity index (χ4v) is 3.40. The predicted octanol–water partition coefficient (Wildman–Crippen LogP) is 4.77. The van der Waals surface area contributed by atoms with Crippen molar-refractivity contribution in [1.82, 2.24) is 4.98 Å². The number of hydrogen-bond acceptors (Lipinski definition) is 6. The van der Waals surface area contributed by atoms with E-state index in [-0.39, 0.29) is 16.3 Å². The van der Waals surface area contributed by atoms with Crippen molar-refractivity contribution in [2.75, 3.05) is 12.4 Å². The third-order valence-electron chi connectivity index (χ3n) is 3.29. The third-order valence-corrected chi connectivity index (χ3v) is 4.84. The summed E-state index contributed by atoms with van der Waals surface area (Å²) in [6.07, 6.45) is 0. The quantitative estimate of drug-likeness (QED) is 0.505. The summed E-state index contributed by atoms with van der Waals surface area (Å²) in [5, 5.41) is 14.2. The van der Waals surface area contributed by atoms with E-state index in [1.807, 2.05) is 0 Å². The van der Waals surface area contributed by atoms with Crippen LogP contribution in [0.25, 0.3) is 10.2 Å². The van der Waals surface area contributed by atoms with Gasteiger partial charge in [0, 0.05) is 17.7 Å². The van der Waals surface area contributed by atoms with E-state index in [9.17, 15) is 14.9 Å². The average molecular weight is 398 g/mol. The lowest BCUT2D eigenvalue weighted by atomic mass is 10.2. The van der Waals surface area contributed by atoms with Gasteiger partial charge in [-0.15, -0.1) is 0 Å². The molecule has 128 valence electrons. The highest BCUT2D eigenvalue weighted by Crippen LogP contribution is 2.34.